The van der Waals surface area contributed by atoms with Crippen molar-refractivity contribution in [2.45, 2.75) is 12.8 Å². The van der Waals surface area contributed by atoms with Gasteiger partial charge in [0, 0.05) is 25.7 Å². The van der Waals surface area contributed by atoms with E-state index in [1.54, 1.807) is 11.9 Å². The number of nitrogens with zero attached hydrogens (tertiary/aromatic N) is 2. The summed E-state index contributed by atoms with van der Waals surface area (Å²) in [6.45, 7) is 0.738. The number of carboxylic acid groups (broad SMARTS) is 1. The number of nitro groups is 1. The molecule has 6 nitrogen and oxygen atoms in total. The Morgan fingerprint density at radius 1 is 1.56 bits per heavy atom. The first-order valence-corrected chi connectivity index (χ1v) is 5.72. The van der Waals surface area contributed by atoms with E-state index in [9.17, 15) is 14.9 Å². The van der Waals surface area contributed by atoms with Gasteiger partial charge >= 0.3 is 5.97 Å². The van der Waals surface area contributed by atoms with Gasteiger partial charge in [0.1, 0.15) is 0 Å². The minimum Gasteiger partial charge on any atom is -0.478 e. The Kier molecular flexibility index (Phi) is 3.18. The van der Waals surface area contributed by atoms with Gasteiger partial charge in [-0.3, -0.25) is 10.1 Å². The number of carbonyl (C=O) groups is 1. The second-order valence-corrected chi connectivity index (χ2v) is 4.59. The lowest BCUT2D eigenvalue weighted by atomic mass is 10.1. The molecule has 0 atom stereocenters. The molecule has 0 unspecified atom stereocenters. The number of nitro benzene ring substituents is 1. The molecule has 1 aromatic rings. The largest absolute Gasteiger partial charge is 0.478 e. The maximum Gasteiger partial charge on any atom is 0.337 e. The van der Waals surface area contributed by atoms with Gasteiger partial charge in [0.05, 0.1) is 16.2 Å². The Morgan fingerprint density at radius 2 is 2.22 bits per heavy atom. The molecule has 1 aliphatic carbocycles. The Hall–Kier alpha value is -2.11. The first-order chi connectivity index (χ1) is 8.49. The van der Waals surface area contributed by atoms with E-state index < -0.39 is 10.9 Å². The van der Waals surface area contributed by atoms with Crippen LogP contribution in [-0.4, -0.2) is 29.6 Å². The van der Waals surface area contributed by atoms with Crippen molar-refractivity contribution < 1.29 is 14.8 Å². The van der Waals surface area contributed by atoms with Crippen LogP contribution in [0.25, 0.3) is 0 Å². The molecule has 0 spiro atoms. The van der Waals surface area contributed by atoms with Crippen molar-refractivity contribution in [2.75, 3.05) is 18.5 Å². The summed E-state index contributed by atoms with van der Waals surface area (Å²) in [5.41, 5.74) is 0.421. The molecule has 1 saturated carbocycles. The van der Waals surface area contributed by atoms with E-state index in [0.717, 1.165) is 19.4 Å². The van der Waals surface area contributed by atoms with E-state index in [1.807, 2.05) is 0 Å². The summed E-state index contributed by atoms with van der Waals surface area (Å²) in [4.78, 5) is 23.1. The molecular formula is C12H14N2O4. The van der Waals surface area contributed by atoms with E-state index in [0.29, 0.717) is 11.6 Å². The molecule has 0 radical (unpaired) electrons. The Balaban J connectivity index is 2.35. The molecule has 0 heterocycles. The number of rotatable bonds is 5. The third kappa shape index (κ3) is 2.58. The highest BCUT2D eigenvalue weighted by molar-refractivity contribution is 5.95. The number of carboxylic acids is 1. The van der Waals surface area contributed by atoms with Crippen molar-refractivity contribution in [1.82, 2.24) is 0 Å². The minimum absolute atomic E-state index is 0.0855. The summed E-state index contributed by atoms with van der Waals surface area (Å²) in [5.74, 6) is -0.488. The Morgan fingerprint density at radius 3 is 2.72 bits per heavy atom. The van der Waals surface area contributed by atoms with Gasteiger partial charge in [-0.25, -0.2) is 4.79 Å². The molecular weight excluding hydrogens is 236 g/mol. The molecule has 1 N–H and O–H groups in total. The van der Waals surface area contributed by atoms with Crippen LogP contribution in [0.15, 0.2) is 18.2 Å². The summed E-state index contributed by atoms with van der Waals surface area (Å²) in [6.07, 6.45) is 2.28. The molecule has 0 bridgehead atoms. The van der Waals surface area contributed by atoms with Crippen LogP contribution in [0.1, 0.15) is 23.2 Å². The third-order valence-corrected chi connectivity index (χ3v) is 3.06. The molecule has 1 aliphatic rings. The molecule has 2 rings (SSSR count). The molecule has 0 saturated heterocycles. The van der Waals surface area contributed by atoms with E-state index in [1.165, 1.54) is 18.2 Å². The molecule has 0 aromatic heterocycles. The fourth-order valence-corrected chi connectivity index (χ4v) is 1.92. The lowest BCUT2D eigenvalue weighted by molar-refractivity contribution is -0.384. The van der Waals surface area contributed by atoms with Crippen LogP contribution in [0.5, 0.6) is 0 Å². The standard InChI is InChI=1S/C12H14N2O4/c1-13(7-8-2-3-8)11-6-9(14(17)18)4-5-10(11)12(15)16/h4-6,8H,2-3,7H2,1H3,(H,15,16). The normalized spacial score (nSPS) is 14.3. The van der Waals surface area contributed by atoms with Gasteiger partial charge in [-0.15, -0.1) is 0 Å². The van der Waals surface area contributed by atoms with Gasteiger partial charge in [-0.2, -0.15) is 0 Å². The van der Waals surface area contributed by atoms with Crippen molar-refractivity contribution in [1.29, 1.82) is 0 Å². The average molecular weight is 250 g/mol. The molecule has 0 aliphatic heterocycles. The summed E-state index contributed by atoms with van der Waals surface area (Å²) in [6, 6.07) is 3.84. The van der Waals surface area contributed by atoms with Crippen LogP contribution in [0.4, 0.5) is 11.4 Å². The summed E-state index contributed by atoms with van der Waals surface area (Å²) < 4.78 is 0. The average Bonchev–Trinajstić information content (AvgIpc) is 3.11. The quantitative estimate of drug-likeness (QED) is 0.639. The fourth-order valence-electron chi connectivity index (χ4n) is 1.92. The maximum absolute atomic E-state index is 11.1. The van der Waals surface area contributed by atoms with Crippen LogP contribution >= 0.6 is 0 Å². The van der Waals surface area contributed by atoms with Crippen LogP contribution in [-0.2, 0) is 0 Å². The van der Waals surface area contributed by atoms with Gasteiger partial charge in [0.15, 0.2) is 0 Å². The van der Waals surface area contributed by atoms with Gasteiger partial charge in [-0.1, -0.05) is 0 Å². The summed E-state index contributed by atoms with van der Waals surface area (Å²) in [5, 5.41) is 19.8. The van der Waals surface area contributed by atoms with Crippen LogP contribution in [0.3, 0.4) is 0 Å². The van der Waals surface area contributed by atoms with E-state index in [-0.39, 0.29) is 11.3 Å². The molecule has 18 heavy (non-hydrogen) atoms. The summed E-state index contributed by atoms with van der Waals surface area (Å²) in [7, 11) is 1.77. The van der Waals surface area contributed by atoms with Crippen molar-refractivity contribution >= 4 is 17.3 Å². The van der Waals surface area contributed by atoms with Crippen LogP contribution in [0, 0.1) is 16.0 Å². The number of hydrogen-bond donors (Lipinski definition) is 1. The SMILES string of the molecule is CN(CC1CC1)c1cc([N+](=O)[O-])ccc1C(=O)O. The zero-order valence-corrected chi connectivity index (χ0v) is 10.00. The van der Waals surface area contributed by atoms with E-state index in [2.05, 4.69) is 0 Å². The number of anilines is 1. The highest BCUT2D eigenvalue weighted by Crippen LogP contribution is 2.33. The smallest absolute Gasteiger partial charge is 0.337 e. The predicted molar refractivity (Wildman–Crippen MR) is 66.0 cm³/mol. The molecule has 1 fully saturated rings. The Bertz CT molecular complexity index is 497. The lowest BCUT2D eigenvalue weighted by Crippen LogP contribution is -2.22. The monoisotopic (exact) mass is 250 g/mol. The fraction of sp³-hybridized carbons (Fsp3) is 0.417. The number of non-ortho nitro benzene ring substituents is 1. The number of hydrogen-bond acceptors (Lipinski definition) is 4. The van der Waals surface area contributed by atoms with E-state index >= 15 is 0 Å². The highest BCUT2D eigenvalue weighted by atomic mass is 16.6. The first-order valence-electron chi connectivity index (χ1n) is 5.72. The first kappa shape index (κ1) is 12.3. The van der Waals surface area contributed by atoms with E-state index in [4.69, 9.17) is 5.11 Å². The zero-order chi connectivity index (χ0) is 13.3. The molecule has 6 heteroatoms. The van der Waals surface area contributed by atoms with Gasteiger partial charge in [0.25, 0.3) is 5.69 Å². The van der Waals surface area contributed by atoms with Crippen molar-refractivity contribution in [3.05, 3.63) is 33.9 Å². The Labute approximate surface area is 104 Å². The van der Waals surface area contributed by atoms with Crippen LogP contribution in [0.2, 0.25) is 0 Å². The van der Waals surface area contributed by atoms with Crippen molar-refractivity contribution in [2.24, 2.45) is 5.92 Å². The van der Waals surface area contributed by atoms with Gasteiger partial charge < -0.3 is 10.0 Å². The minimum atomic E-state index is -1.07. The number of benzene rings is 1. The third-order valence-electron chi connectivity index (χ3n) is 3.06. The second kappa shape index (κ2) is 4.64. The lowest BCUT2D eigenvalue weighted by Gasteiger charge is -2.20. The van der Waals surface area contributed by atoms with Crippen LogP contribution < -0.4 is 4.90 Å². The maximum atomic E-state index is 11.1. The molecule has 1 aromatic carbocycles. The highest BCUT2D eigenvalue weighted by Gasteiger charge is 2.25. The molecule has 96 valence electrons. The summed E-state index contributed by atoms with van der Waals surface area (Å²) >= 11 is 0. The van der Waals surface area contributed by atoms with Gasteiger partial charge in [-0.05, 0) is 24.8 Å². The zero-order valence-electron chi connectivity index (χ0n) is 10.00. The second-order valence-electron chi connectivity index (χ2n) is 4.59. The van der Waals surface area contributed by atoms with Crippen molar-refractivity contribution in [3.8, 4) is 0 Å². The molecule has 0 amide bonds. The van der Waals surface area contributed by atoms with Crippen molar-refractivity contribution in [3.63, 3.8) is 0 Å². The van der Waals surface area contributed by atoms with Gasteiger partial charge in [0.2, 0.25) is 0 Å². The number of aromatic carboxylic acids is 1. The topological polar surface area (TPSA) is 83.7 Å². The predicted octanol–water partition coefficient (Wildman–Crippen LogP) is 2.14.